The molecule has 1 aromatic rings. The summed E-state index contributed by atoms with van der Waals surface area (Å²) < 4.78 is 0. The van der Waals surface area contributed by atoms with Gasteiger partial charge in [0.15, 0.2) is 0 Å². The van der Waals surface area contributed by atoms with Crippen LogP contribution in [0.5, 0.6) is 0 Å². The summed E-state index contributed by atoms with van der Waals surface area (Å²) in [4.78, 5) is 30.5. The number of amides is 2. The van der Waals surface area contributed by atoms with Crippen LogP contribution < -0.4 is 5.32 Å². The van der Waals surface area contributed by atoms with Crippen molar-refractivity contribution in [2.24, 2.45) is 0 Å². The number of benzene rings is 1. The van der Waals surface area contributed by atoms with Gasteiger partial charge in [0.05, 0.1) is 13.1 Å². The van der Waals surface area contributed by atoms with Crippen LogP contribution in [0.4, 0.5) is 0 Å². The first-order valence-corrected chi connectivity index (χ1v) is 9.63. The van der Waals surface area contributed by atoms with Gasteiger partial charge in [-0.25, -0.2) is 0 Å². The third-order valence-corrected chi connectivity index (χ3v) is 4.92. The van der Waals surface area contributed by atoms with Crippen molar-refractivity contribution in [3.63, 3.8) is 0 Å². The Morgan fingerprint density at radius 1 is 1.08 bits per heavy atom. The molecule has 1 aliphatic rings. The number of hydrogen-bond donors (Lipinski definition) is 1. The molecule has 2 amide bonds. The van der Waals surface area contributed by atoms with E-state index in [1.165, 1.54) is 0 Å². The van der Waals surface area contributed by atoms with E-state index in [9.17, 15) is 9.59 Å². The standard InChI is InChI=1S/C19H29ClN4O2/c1-3-24(4-2)19(26)15-23-10-8-22(9-11-23)14-18(25)21-13-16-6-5-7-17(20)12-16/h5-7,12H,3-4,8-11,13-15H2,1-2H3,(H,21,25). The number of nitrogens with one attached hydrogen (secondary N) is 1. The molecule has 0 aliphatic carbocycles. The van der Waals surface area contributed by atoms with E-state index in [1.54, 1.807) is 0 Å². The molecule has 0 aromatic heterocycles. The van der Waals surface area contributed by atoms with Crippen molar-refractivity contribution in [2.75, 3.05) is 52.4 Å². The van der Waals surface area contributed by atoms with Gasteiger partial charge in [-0.2, -0.15) is 0 Å². The summed E-state index contributed by atoms with van der Waals surface area (Å²) in [5.41, 5.74) is 0.991. The highest BCUT2D eigenvalue weighted by atomic mass is 35.5. The van der Waals surface area contributed by atoms with Crippen molar-refractivity contribution >= 4 is 23.4 Å². The predicted octanol–water partition coefficient (Wildman–Crippen LogP) is 1.44. The number of rotatable bonds is 8. The fourth-order valence-corrected chi connectivity index (χ4v) is 3.29. The molecule has 2 rings (SSSR count). The molecule has 0 spiro atoms. The lowest BCUT2D eigenvalue weighted by molar-refractivity contribution is -0.133. The number of likely N-dealkylation sites (N-methyl/N-ethyl adjacent to an activating group) is 1. The Balaban J connectivity index is 1.68. The van der Waals surface area contributed by atoms with Gasteiger partial charge in [0.25, 0.3) is 0 Å². The SMILES string of the molecule is CCN(CC)C(=O)CN1CCN(CC(=O)NCc2cccc(Cl)c2)CC1. The zero-order valence-electron chi connectivity index (χ0n) is 15.7. The Morgan fingerprint density at radius 3 is 2.27 bits per heavy atom. The fourth-order valence-electron chi connectivity index (χ4n) is 3.08. The molecule has 26 heavy (non-hydrogen) atoms. The van der Waals surface area contributed by atoms with E-state index in [2.05, 4.69) is 15.1 Å². The number of carbonyl (C=O) groups excluding carboxylic acids is 2. The molecule has 1 aromatic carbocycles. The maximum atomic E-state index is 12.2. The molecule has 7 heteroatoms. The van der Waals surface area contributed by atoms with Crippen molar-refractivity contribution < 1.29 is 9.59 Å². The van der Waals surface area contributed by atoms with Crippen molar-refractivity contribution in [1.29, 1.82) is 0 Å². The topological polar surface area (TPSA) is 55.9 Å². The predicted molar refractivity (Wildman–Crippen MR) is 104 cm³/mol. The minimum atomic E-state index is 0.0117. The first kappa shape index (κ1) is 20.7. The number of hydrogen-bond acceptors (Lipinski definition) is 4. The van der Waals surface area contributed by atoms with E-state index in [1.807, 2.05) is 43.0 Å². The van der Waals surface area contributed by atoms with E-state index in [-0.39, 0.29) is 11.8 Å². The second-order valence-electron chi connectivity index (χ2n) is 6.52. The van der Waals surface area contributed by atoms with Crippen LogP contribution in [0.3, 0.4) is 0 Å². The summed E-state index contributed by atoms with van der Waals surface area (Å²) in [7, 11) is 0. The number of piperazine rings is 1. The minimum absolute atomic E-state index is 0.0117. The van der Waals surface area contributed by atoms with Crippen LogP contribution in [0.2, 0.25) is 5.02 Å². The summed E-state index contributed by atoms with van der Waals surface area (Å²) in [6.07, 6.45) is 0. The summed E-state index contributed by atoms with van der Waals surface area (Å²) in [5, 5.41) is 3.61. The van der Waals surface area contributed by atoms with Crippen LogP contribution in [0.1, 0.15) is 19.4 Å². The highest BCUT2D eigenvalue weighted by molar-refractivity contribution is 6.30. The van der Waals surface area contributed by atoms with Crippen molar-refractivity contribution in [2.45, 2.75) is 20.4 Å². The number of carbonyl (C=O) groups is 2. The Hall–Kier alpha value is -1.63. The second kappa shape index (κ2) is 10.5. The van der Waals surface area contributed by atoms with Gasteiger partial charge in [-0.05, 0) is 31.5 Å². The van der Waals surface area contributed by atoms with Crippen LogP contribution in [-0.2, 0) is 16.1 Å². The highest BCUT2D eigenvalue weighted by Crippen LogP contribution is 2.10. The van der Waals surface area contributed by atoms with Gasteiger partial charge >= 0.3 is 0 Å². The molecule has 1 saturated heterocycles. The summed E-state index contributed by atoms with van der Waals surface area (Å²) in [5.74, 6) is 0.195. The Labute approximate surface area is 161 Å². The van der Waals surface area contributed by atoms with E-state index in [0.717, 1.165) is 44.8 Å². The van der Waals surface area contributed by atoms with E-state index < -0.39 is 0 Å². The molecule has 1 aliphatic heterocycles. The molecule has 0 atom stereocenters. The molecule has 144 valence electrons. The van der Waals surface area contributed by atoms with Crippen LogP contribution in [0.25, 0.3) is 0 Å². The van der Waals surface area contributed by atoms with Crippen molar-refractivity contribution in [3.8, 4) is 0 Å². The average Bonchev–Trinajstić information content (AvgIpc) is 2.63. The van der Waals surface area contributed by atoms with E-state index in [4.69, 9.17) is 11.6 Å². The van der Waals surface area contributed by atoms with Crippen LogP contribution in [0, 0.1) is 0 Å². The largest absolute Gasteiger partial charge is 0.351 e. The van der Waals surface area contributed by atoms with E-state index in [0.29, 0.717) is 24.7 Å². The smallest absolute Gasteiger partial charge is 0.236 e. The summed E-state index contributed by atoms with van der Waals surface area (Å²) >= 11 is 5.95. The highest BCUT2D eigenvalue weighted by Gasteiger charge is 2.21. The zero-order chi connectivity index (χ0) is 18.9. The molecular weight excluding hydrogens is 352 g/mol. The van der Waals surface area contributed by atoms with Gasteiger partial charge in [-0.15, -0.1) is 0 Å². The van der Waals surface area contributed by atoms with Crippen LogP contribution in [-0.4, -0.2) is 78.9 Å². The van der Waals surface area contributed by atoms with E-state index >= 15 is 0 Å². The third kappa shape index (κ3) is 6.59. The van der Waals surface area contributed by atoms with Crippen molar-refractivity contribution in [3.05, 3.63) is 34.9 Å². The quantitative estimate of drug-likeness (QED) is 0.741. The molecule has 0 bridgehead atoms. The lowest BCUT2D eigenvalue weighted by atomic mass is 10.2. The molecule has 6 nitrogen and oxygen atoms in total. The Morgan fingerprint density at radius 2 is 1.69 bits per heavy atom. The molecular formula is C19H29ClN4O2. The third-order valence-electron chi connectivity index (χ3n) is 4.69. The van der Waals surface area contributed by atoms with Gasteiger partial charge < -0.3 is 10.2 Å². The molecule has 0 unspecified atom stereocenters. The van der Waals surface area contributed by atoms with Gasteiger partial charge in [0.2, 0.25) is 11.8 Å². The van der Waals surface area contributed by atoms with Crippen LogP contribution >= 0.6 is 11.6 Å². The number of halogens is 1. The lowest BCUT2D eigenvalue weighted by Gasteiger charge is -2.34. The van der Waals surface area contributed by atoms with Gasteiger partial charge in [0.1, 0.15) is 0 Å². The normalized spacial score (nSPS) is 15.7. The maximum Gasteiger partial charge on any atom is 0.236 e. The summed E-state index contributed by atoms with van der Waals surface area (Å²) in [6, 6.07) is 7.49. The average molecular weight is 381 g/mol. The van der Waals surface area contributed by atoms with Gasteiger partial charge in [-0.3, -0.25) is 19.4 Å². The van der Waals surface area contributed by atoms with Gasteiger partial charge in [-0.1, -0.05) is 23.7 Å². The first-order valence-electron chi connectivity index (χ1n) is 9.25. The first-order chi connectivity index (χ1) is 12.5. The Kier molecular flexibility index (Phi) is 8.35. The fraction of sp³-hybridized carbons (Fsp3) is 0.579. The minimum Gasteiger partial charge on any atom is -0.351 e. The monoisotopic (exact) mass is 380 g/mol. The Bertz CT molecular complexity index is 599. The number of nitrogens with zero attached hydrogens (tertiary/aromatic N) is 3. The lowest BCUT2D eigenvalue weighted by Crippen LogP contribution is -2.51. The molecule has 1 N–H and O–H groups in total. The molecule has 0 saturated carbocycles. The van der Waals surface area contributed by atoms with Gasteiger partial charge in [0, 0.05) is 50.8 Å². The second-order valence-corrected chi connectivity index (χ2v) is 6.96. The molecule has 1 heterocycles. The zero-order valence-corrected chi connectivity index (χ0v) is 16.5. The van der Waals surface area contributed by atoms with Crippen molar-refractivity contribution in [1.82, 2.24) is 20.0 Å². The molecule has 0 radical (unpaired) electrons. The maximum absolute atomic E-state index is 12.2. The summed E-state index contributed by atoms with van der Waals surface area (Å²) in [6.45, 7) is 10.1. The molecule has 1 fully saturated rings. The van der Waals surface area contributed by atoms with Crippen LogP contribution in [0.15, 0.2) is 24.3 Å².